The molecule has 1 aliphatic rings. The van der Waals surface area contributed by atoms with Gasteiger partial charge in [-0.1, -0.05) is 18.2 Å². The smallest absolute Gasteiger partial charge is 0.453 e. The number of fused-ring (bicyclic) bond motifs is 3. The average Bonchev–Trinajstić information content (AvgIpc) is 2.81. The summed E-state index contributed by atoms with van der Waals surface area (Å²) in [5.74, 6) is -2.01. The van der Waals surface area contributed by atoms with E-state index in [-0.39, 0.29) is 30.0 Å². The molecular weight excluding hydrogens is 517 g/mol. The number of para-hydroxylation sites is 1. The van der Waals surface area contributed by atoms with Crippen LogP contribution in [-0.4, -0.2) is 16.6 Å². The Morgan fingerprint density at radius 2 is 1.88 bits per heavy atom. The van der Waals surface area contributed by atoms with Crippen molar-refractivity contribution in [1.82, 2.24) is 9.88 Å². The first kappa shape index (κ1) is 22.4. The number of hydrogen-bond donors (Lipinski definition) is 0. The number of rotatable bonds is 4. The molecule has 0 unspecified atom stereocenters. The molecule has 2 aromatic heterocycles. The first-order chi connectivity index (χ1) is 16.3. The van der Waals surface area contributed by atoms with Crippen LogP contribution in [0.5, 0.6) is 17.2 Å². The summed E-state index contributed by atoms with van der Waals surface area (Å²) in [6.07, 6.45) is -3.30. The van der Waals surface area contributed by atoms with Crippen molar-refractivity contribution >= 4 is 26.9 Å². The molecule has 6 nitrogen and oxygen atoms in total. The lowest BCUT2D eigenvalue weighted by Crippen LogP contribution is -2.32. The van der Waals surface area contributed by atoms with Crippen molar-refractivity contribution in [3.63, 3.8) is 0 Å². The summed E-state index contributed by atoms with van der Waals surface area (Å²) in [5.41, 5.74) is 0.0278. The largest absolute Gasteiger partial charge is 0.478 e. The van der Waals surface area contributed by atoms with Gasteiger partial charge in [-0.3, -0.25) is 14.7 Å². The summed E-state index contributed by atoms with van der Waals surface area (Å²) < 4.78 is 58.9. The molecule has 0 saturated heterocycles. The topological polar surface area (TPSA) is 64.8 Å². The van der Waals surface area contributed by atoms with Gasteiger partial charge in [0.1, 0.15) is 23.8 Å². The fourth-order valence-electron chi connectivity index (χ4n) is 3.73. The van der Waals surface area contributed by atoms with Gasteiger partial charge in [0.2, 0.25) is 11.2 Å². The van der Waals surface area contributed by atoms with Crippen molar-refractivity contribution in [2.24, 2.45) is 0 Å². The Morgan fingerprint density at radius 3 is 2.62 bits per heavy atom. The lowest BCUT2D eigenvalue weighted by molar-refractivity contribution is -0.154. The molecule has 4 aromatic rings. The van der Waals surface area contributed by atoms with E-state index >= 15 is 0 Å². The van der Waals surface area contributed by atoms with E-state index in [1.807, 2.05) is 17.0 Å². The molecule has 174 valence electrons. The maximum atomic E-state index is 14.0. The predicted molar refractivity (Wildman–Crippen MR) is 121 cm³/mol. The number of alkyl halides is 3. The summed E-state index contributed by atoms with van der Waals surface area (Å²) in [6.45, 7) is 0.846. The lowest BCUT2D eigenvalue weighted by Gasteiger charge is -2.29. The maximum absolute atomic E-state index is 14.0. The van der Waals surface area contributed by atoms with Crippen molar-refractivity contribution in [2.45, 2.75) is 19.3 Å². The van der Waals surface area contributed by atoms with Crippen LogP contribution in [0.4, 0.5) is 13.2 Å². The molecule has 0 amide bonds. The molecule has 10 heteroatoms. The van der Waals surface area contributed by atoms with Crippen molar-refractivity contribution in [3.05, 3.63) is 92.5 Å². The Kier molecular flexibility index (Phi) is 5.78. The number of benzene rings is 2. The van der Waals surface area contributed by atoms with E-state index < -0.39 is 23.1 Å². The van der Waals surface area contributed by atoms with Gasteiger partial charge in [-0.2, -0.15) is 13.2 Å². The second kappa shape index (κ2) is 8.77. The van der Waals surface area contributed by atoms with Gasteiger partial charge in [0.25, 0.3) is 5.76 Å². The van der Waals surface area contributed by atoms with Gasteiger partial charge in [0, 0.05) is 19.3 Å². The third-order valence-corrected chi connectivity index (χ3v) is 5.94. The minimum atomic E-state index is -4.96. The molecule has 0 radical (unpaired) electrons. The molecule has 0 atom stereocenters. The second-order valence-electron chi connectivity index (χ2n) is 7.62. The molecule has 0 saturated carbocycles. The Labute approximate surface area is 199 Å². The standard InChI is InChI=1S/C24H16BrF3N2O4/c25-17-6-1-2-7-19(17)33-22-20(31)15-8-9-18-16(21(15)34-23(22)24(26,27)28)12-30(13-32-18)11-14-5-3-4-10-29-14/h1-10H,11-13H2. The van der Waals surface area contributed by atoms with Gasteiger partial charge >= 0.3 is 6.18 Å². The highest BCUT2D eigenvalue weighted by Crippen LogP contribution is 2.41. The van der Waals surface area contributed by atoms with Crippen molar-refractivity contribution in [1.29, 1.82) is 0 Å². The molecule has 2 aromatic carbocycles. The summed E-state index contributed by atoms with van der Waals surface area (Å²) >= 11 is 3.22. The van der Waals surface area contributed by atoms with Crippen LogP contribution in [0.15, 0.2) is 74.5 Å². The van der Waals surface area contributed by atoms with Crippen LogP contribution in [-0.2, 0) is 19.3 Å². The van der Waals surface area contributed by atoms with E-state index in [1.54, 1.807) is 36.5 Å². The van der Waals surface area contributed by atoms with E-state index in [1.165, 1.54) is 12.1 Å². The van der Waals surface area contributed by atoms with Crippen molar-refractivity contribution < 1.29 is 27.1 Å². The van der Waals surface area contributed by atoms with Gasteiger partial charge in [-0.15, -0.1) is 0 Å². The van der Waals surface area contributed by atoms with Gasteiger partial charge in [0.15, 0.2) is 0 Å². The molecule has 0 spiro atoms. The number of nitrogens with zero attached hydrogens (tertiary/aromatic N) is 2. The zero-order valence-corrected chi connectivity index (χ0v) is 19.0. The van der Waals surface area contributed by atoms with Crippen LogP contribution in [0.25, 0.3) is 11.0 Å². The van der Waals surface area contributed by atoms with Crippen LogP contribution in [0.3, 0.4) is 0 Å². The maximum Gasteiger partial charge on any atom is 0.453 e. The molecule has 0 fully saturated rings. The normalized spacial score (nSPS) is 14.0. The van der Waals surface area contributed by atoms with E-state index in [4.69, 9.17) is 13.9 Å². The molecular formula is C24H16BrF3N2O4. The minimum absolute atomic E-state index is 0.0305. The van der Waals surface area contributed by atoms with E-state index in [9.17, 15) is 18.0 Å². The Balaban J connectivity index is 1.61. The Morgan fingerprint density at radius 1 is 1.09 bits per heavy atom. The first-order valence-corrected chi connectivity index (χ1v) is 11.0. The summed E-state index contributed by atoms with van der Waals surface area (Å²) in [5, 5.41) is -0.0305. The van der Waals surface area contributed by atoms with Crippen LogP contribution in [0, 0.1) is 0 Å². The summed E-state index contributed by atoms with van der Waals surface area (Å²) in [7, 11) is 0. The SMILES string of the molecule is O=c1c(Oc2ccccc2Br)c(C(F)(F)F)oc2c3c(ccc12)OCN(Cc1ccccn1)C3. The van der Waals surface area contributed by atoms with Crippen LogP contribution in [0.2, 0.25) is 0 Å². The van der Waals surface area contributed by atoms with E-state index in [0.29, 0.717) is 22.3 Å². The first-order valence-electron chi connectivity index (χ1n) is 10.2. The third kappa shape index (κ3) is 4.26. The molecule has 0 aliphatic carbocycles. The average molecular weight is 533 g/mol. The van der Waals surface area contributed by atoms with Crippen molar-refractivity contribution in [2.75, 3.05) is 6.73 Å². The second-order valence-corrected chi connectivity index (χ2v) is 8.47. The Hall–Kier alpha value is -3.37. The highest BCUT2D eigenvalue weighted by Gasteiger charge is 2.41. The lowest BCUT2D eigenvalue weighted by atomic mass is 10.1. The number of pyridine rings is 1. The van der Waals surface area contributed by atoms with Gasteiger partial charge in [0.05, 0.1) is 21.1 Å². The van der Waals surface area contributed by atoms with Crippen LogP contribution >= 0.6 is 15.9 Å². The molecule has 5 rings (SSSR count). The Bertz CT molecular complexity index is 1420. The number of aromatic nitrogens is 1. The highest BCUT2D eigenvalue weighted by atomic mass is 79.9. The molecule has 0 N–H and O–H groups in total. The van der Waals surface area contributed by atoms with E-state index in [0.717, 1.165) is 5.69 Å². The minimum Gasteiger partial charge on any atom is -0.478 e. The fourth-order valence-corrected chi connectivity index (χ4v) is 4.10. The molecule has 34 heavy (non-hydrogen) atoms. The van der Waals surface area contributed by atoms with Gasteiger partial charge in [-0.05, 0) is 52.3 Å². The molecule has 0 bridgehead atoms. The van der Waals surface area contributed by atoms with Crippen LogP contribution < -0.4 is 14.9 Å². The van der Waals surface area contributed by atoms with Gasteiger partial charge < -0.3 is 13.9 Å². The number of hydrogen-bond acceptors (Lipinski definition) is 6. The fraction of sp³-hybridized carbons (Fsp3) is 0.167. The number of halogens is 4. The zero-order valence-electron chi connectivity index (χ0n) is 17.4. The zero-order chi connectivity index (χ0) is 23.9. The summed E-state index contributed by atoms with van der Waals surface area (Å²) in [6, 6.07) is 14.7. The number of ether oxygens (including phenoxy) is 2. The molecule has 1 aliphatic heterocycles. The quantitative estimate of drug-likeness (QED) is 0.315. The van der Waals surface area contributed by atoms with Crippen LogP contribution in [0.1, 0.15) is 17.0 Å². The highest BCUT2D eigenvalue weighted by molar-refractivity contribution is 9.10. The summed E-state index contributed by atoms with van der Waals surface area (Å²) in [4.78, 5) is 19.3. The molecule has 3 heterocycles. The monoisotopic (exact) mass is 532 g/mol. The third-order valence-electron chi connectivity index (χ3n) is 5.28. The van der Waals surface area contributed by atoms with Crippen molar-refractivity contribution in [3.8, 4) is 17.2 Å². The van der Waals surface area contributed by atoms with E-state index in [2.05, 4.69) is 20.9 Å². The predicted octanol–water partition coefficient (Wildman–Crippen LogP) is 6.11. The van der Waals surface area contributed by atoms with Gasteiger partial charge in [-0.25, -0.2) is 0 Å².